The van der Waals surface area contributed by atoms with E-state index in [1.54, 1.807) is 13.2 Å². The maximum atomic E-state index is 13.2. The molecule has 2 fully saturated rings. The number of methoxy groups -OCH3 is 1. The standard InChI is InChI=1S/C21H32N2O4/c1-5-26-19-9-8-17(11-20(19)25-4)21(24)23-10-6-7-18(23)14-22-12-15(2)27-16(3)13-22/h8-9,11,15-16,18H,5-7,10,12-14H2,1-4H3/t15-,16+,18-/m1/s1. The van der Waals surface area contributed by atoms with E-state index in [2.05, 4.69) is 18.7 Å². The van der Waals surface area contributed by atoms with E-state index in [0.717, 1.165) is 39.0 Å². The normalized spacial score (nSPS) is 26.2. The second-order valence-electron chi connectivity index (χ2n) is 7.57. The van der Waals surface area contributed by atoms with Crippen molar-refractivity contribution in [2.45, 2.75) is 51.9 Å². The largest absolute Gasteiger partial charge is 0.493 e. The molecule has 0 unspecified atom stereocenters. The maximum absolute atomic E-state index is 13.2. The van der Waals surface area contributed by atoms with Gasteiger partial charge >= 0.3 is 0 Å². The van der Waals surface area contributed by atoms with Gasteiger partial charge in [0, 0.05) is 37.8 Å². The van der Waals surface area contributed by atoms with E-state index in [-0.39, 0.29) is 24.2 Å². The summed E-state index contributed by atoms with van der Waals surface area (Å²) in [4.78, 5) is 17.6. The third-order valence-corrected chi connectivity index (χ3v) is 5.31. The first-order chi connectivity index (χ1) is 13.0. The fourth-order valence-electron chi connectivity index (χ4n) is 4.27. The summed E-state index contributed by atoms with van der Waals surface area (Å²) < 4.78 is 16.8. The number of hydrogen-bond donors (Lipinski definition) is 0. The van der Waals surface area contributed by atoms with Gasteiger partial charge < -0.3 is 19.1 Å². The van der Waals surface area contributed by atoms with Crippen LogP contribution in [0.2, 0.25) is 0 Å². The lowest BCUT2D eigenvalue weighted by Crippen LogP contribution is -2.50. The Kier molecular flexibility index (Phi) is 6.60. The molecule has 0 spiro atoms. The number of carbonyl (C=O) groups is 1. The summed E-state index contributed by atoms with van der Waals surface area (Å²) in [5.41, 5.74) is 0.658. The molecule has 2 aliphatic heterocycles. The molecule has 0 saturated carbocycles. The van der Waals surface area contributed by atoms with E-state index in [0.29, 0.717) is 23.7 Å². The summed E-state index contributed by atoms with van der Waals surface area (Å²) in [5, 5.41) is 0. The second-order valence-corrected chi connectivity index (χ2v) is 7.57. The summed E-state index contributed by atoms with van der Waals surface area (Å²) in [6.45, 7) is 10.3. The lowest BCUT2D eigenvalue weighted by Gasteiger charge is -2.38. The monoisotopic (exact) mass is 376 g/mol. The van der Waals surface area contributed by atoms with Gasteiger partial charge in [0.05, 0.1) is 25.9 Å². The average molecular weight is 376 g/mol. The number of amides is 1. The van der Waals surface area contributed by atoms with E-state index in [4.69, 9.17) is 14.2 Å². The van der Waals surface area contributed by atoms with Crippen molar-refractivity contribution in [3.8, 4) is 11.5 Å². The van der Waals surface area contributed by atoms with Crippen molar-refractivity contribution >= 4 is 5.91 Å². The van der Waals surface area contributed by atoms with Crippen LogP contribution in [-0.4, -0.2) is 73.9 Å². The Hall–Kier alpha value is -1.79. The van der Waals surface area contributed by atoms with Crippen molar-refractivity contribution in [1.29, 1.82) is 0 Å². The Labute approximate surface area is 162 Å². The topological polar surface area (TPSA) is 51.2 Å². The highest BCUT2D eigenvalue weighted by Gasteiger charge is 2.33. The van der Waals surface area contributed by atoms with Crippen LogP contribution in [0, 0.1) is 0 Å². The molecule has 1 aromatic carbocycles. The predicted molar refractivity (Wildman–Crippen MR) is 105 cm³/mol. The maximum Gasteiger partial charge on any atom is 0.254 e. The third-order valence-electron chi connectivity index (χ3n) is 5.31. The Morgan fingerprint density at radius 3 is 2.63 bits per heavy atom. The molecule has 2 aliphatic rings. The minimum atomic E-state index is 0.0770. The predicted octanol–water partition coefficient (Wildman–Crippen LogP) is 2.81. The number of rotatable bonds is 6. The van der Waals surface area contributed by atoms with Gasteiger partial charge in [0.25, 0.3) is 5.91 Å². The van der Waals surface area contributed by atoms with Crippen molar-refractivity contribution < 1.29 is 19.0 Å². The van der Waals surface area contributed by atoms with Crippen LogP contribution in [0.1, 0.15) is 44.0 Å². The molecule has 0 N–H and O–H groups in total. The number of hydrogen-bond acceptors (Lipinski definition) is 5. The Morgan fingerprint density at radius 2 is 1.96 bits per heavy atom. The van der Waals surface area contributed by atoms with Gasteiger partial charge in [-0.25, -0.2) is 0 Å². The highest BCUT2D eigenvalue weighted by Crippen LogP contribution is 2.30. The van der Waals surface area contributed by atoms with Gasteiger partial charge in [-0.3, -0.25) is 9.69 Å². The highest BCUT2D eigenvalue weighted by atomic mass is 16.5. The van der Waals surface area contributed by atoms with Crippen molar-refractivity contribution in [1.82, 2.24) is 9.80 Å². The number of benzene rings is 1. The quantitative estimate of drug-likeness (QED) is 0.764. The zero-order valence-electron chi connectivity index (χ0n) is 16.9. The van der Waals surface area contributed by atoms with Crippen LogP contribution in [0.4, 0.5) is 0 Å². The van der Waals surface area contributed by atoms with Crippen LogP contribution in [0.3, 0.4) is 0 Å². The van der Waals surface area contributed by atoms with Gasteiger partial charge in [-0.2, -0.15) is 0 Å². The van der Waals surface area contributed by atoms with E-state index >= 15 is 0 Å². The van der Waals surface area contributed by atoms with E-state index < -0.39 is 0 Å². The minimum absolute atomic E-state index is 0.0770. The first kappa shape index (κ1) is 20.0. The molecule has 3 atom stereocenters. The van der Waals surface area contributed by atoms with Gasteiger partial charge in [-0.1, -0.05) is 0 Å². The van der Waals surface area contributed by atoms with E-state index in [9.17, 15) is 4.79 Å². The first-order valence-electron chi connectivity index (χ1n) is 10.0. The molecule has 150 valence electrons. The number of nitrogens with zero attached hydrogens (tertiary/aromatic N) is 2. The van der Waals surface area contributed by atoms with Crippen LogP contribution < -0.4 is 9.47 Å². The SMILES string of the molecule is CCOc1ccc(C(=O)N2CCC[C@@H]2CN2C[C@@H](C)O[C@@H](C)C2)cc1OC. The molecule has 3 rings (SSSR count). The molecule has 0 aliphatic carbocycles. The molecule has 6 nitrogen and oxygen atoms in total. The van der Waals surface area contributed by atoms with Crippen molar-refractivity contribution in [3.05, 3.63) is 23.8 Å². The van der Waals surface area contributed by atoms with Crippen LogP contribution in [0.5, 0.6) is 11.5 Å². The molecular formula is C21H32N2O4. The molecule has 1 aromatic rings. The average Bonchev–Trinajstić information content (AvgIpc) is 3.08. The number of morpholine rings is 1. The molecule has 0 bridgehead atoms. The molecule has 0 aromatic heterocycles. The van der Waals surface area contributed by atoms with Crippen molar-refractivity contribution in [2.75, 3.05) is 39.9 Å². The first-order valence-corrected chi connectivity index (χ1v) is 10.0. The minimum Gasteiger partial charge on any atom is -0.493 e. The molecule has 2 saturated heterocycles. The molecule has 27 heavy (non-hydrogen) atoms. The molecule has 0 radical (unpaired) electrons. The number of carbonyl (C=O) groups excluding carboxylic acids is 1. The van der Waals surface area contributed by atoms with Crippen molar-refractivity contribution in [2.24, 2.45) is 0 Å². The fourth-order valence-corrected chi connectivity index (χ4v) is 4.27. The smallest absolute Gasteiger partial charge is 0.254 e. The second kappa shape index (κ2) is 8.93. The van der Waals surface area contributed by atoms with Gasteiger partial charge in [0.15, 0.2) is 11.5 Å². The third kappa shape index (κ3) is 4.74. The van der Waals surface area contributed by atoms with Crippen molar-refractivity contribution in [3.63, 3.8) is 0 Å². The molecular weight excluding hydrogens is 344 g/mol. The highest BCUT2D eigenvalue weighted by molar-refractivity contribution is 5.95. The number of ether oxygens (including phenoxy) is 3. The van der Waals surface area contributed by atoms with Gasteiger partial charge in [-0.15, -0.1) is 0 Å². The Morgan fingerprint density at radius 1 is 1.22 bits per heavy atom. The Bertz CT molecular complexity index is 641. The summed E-state index contributed by atoms with van der Waals surface area (Å²) in [5.74, 6) is 1.35. The summed E-state index contributed by atoms with van der Waals surface area (Å²) >= 11 is 0. The number of likely N-dealkylation sites (tertiary alicyclic amines) is 1. The van der Waals surface area contributed by atoms with Gasteiger partial charge in [-0.05, 0) is 51.8 Å². The van der Waals surface area contributed by atoms with Crippen LogP contribution in [0.15, 0.2) is 18.2 Å². The zero-order valence-corrected chi connectivity index (χ0v) is 16.9. The van der Waals surface area contributed by atoms with Gasteiger partial charge in [0.1, 0.15) is 0 Å². The summed E-state index contributed by atoms with van der Waals surface area (Å²) in [7, 11) is 1.60. The Balaban J connectivity index is 1.70. The molecule has 2 heterocycles. The summed E-state index contributed by atoms with van der Waals surface area (Å²) in [6.07, 6.45) is 2.60. The van der Waals surface area contributed by atoms with Crippen LogP contribution >= 0.6 is 0 Å². The lowest BCUT2D eigenvalue weighted by atomic mass is 10.1. The fraction of sp³-hybridized carbons (Fsp3) is 0.667. The van der Waals surface area contributed by atoms with Gasteiger partial charge in [0.2, 0.25) is 0 Å². The van der Waals surface area contributed by atoms with Crippen LogP contribution in [0.25, 0.3) is 0 Å². The van der Waals surface area contributed by atoms with E-state index in [1.165, 1.54) is 0 Å². The van der Waals surface area contributed by atoms with Crippen LogP contribution in [-0.2, 0) is 4.74 Å². The zero-order chi connectivity index (χ0) is 19.4. The lowest BCUT2D eigenvalue weighted by molar-refractivity contribution is -0.0715. The van der Waals surface area contributed by atoms with E-state index in [1.807, 2.05) is 24.0 Å². The molecule has 1 amide bonds. The summed E-state index contributed by atoms with van der Waals surface area (Å²) in [6, 6.07) is 5.71. The molecule has 6 heteroatoms.